The Morgan fingerprint density at radius 3 is 2.03 bits per heavy atom. The first kappa shape index (κ1) is 22.6. The number of benzene rings is 2. The Kier molecular flexibility index (Phi) is 5.91. The second-order valence-corrected chi connectivity index (χ2v) is 11.4. The molecule has 0 spiro atoms. The minimum atomic E-state index is -0.228. The summed E-state index contributed by atoms with van der Waals surface area (Å²) in [5.74, 6) is 0.224. The topological polar surface area (TPSA) is 40.5 Å². The summed E-state index contributed by atoms with van der Waals surface area (Å²) in [5, 5.41) is 10.9. The van der Waals surface area contributed by atoms with Gasteiger partial charge in [0.2, 0.25) is 0 Å². The smallest absolute Gasteiger partial charge is 0.270 e. The van der Waals surface area contributed by atoms with E-state index in [1.54, 1.807) is 4.90 Å². The first-order valence-corrected chi connectivity index (χ1v) is 11.2. The fourth-order valence-corrected chi connectivity index (χ4v) is 4.81. The van der Waals surface area contributed by atoms with Crippen molar-refractivity contribution >= 4 is 46.0 Å². The van der Waals surface area contributed by atoms with E-state index in [4.69, 9.17) is 12.2 Å². The summed E-state index contributed by atoms with van der Waals surface area (Å²) in [6.45, 7) is 14.5. The first-order valence-electron chi connectivity index (χ1n) is 10.0. The normalized spacial score (nSPS) is 16.6. The molecule has 3 nitrogen and oxygen atoms in total. The van der Waals surface area contributed by atoms with E-state index in [1.807, 2.05) is 49.4 Å². The van der Waals surface area contributed by atoms with Crippen LogP contribution in [0.4, 0.5) is 5.69 Å². The van der Waals surface area contributed by atoms with Crippen molar-refractivity contribution in [2.24, 2.45) is 0 Å². The average molecular weight is 440 g/mol. The third-order valence-corrected chi connectivity index (χ3v) is 6.50. The lowest BCUT2D eigenvalue weighted by molar-refractivity contribution is -0.113. The van der Waals surface area contributed by atoms with E-state index in [-0.39, 0.29) is 16.7 Å². The third-order valence-electron chi connectivity index (χ3n) is 5.20. The number of carbonyl (C=O) groups excluding carboxylic acids is 1. The number of carbonyl (C=O) groups is 1. The van der Waals surface area contributed by atoms with Gasteiger partial charge in [0.25, 0.3) is 5.91 Å². The quantitative estimate of drug-likeness (QED) is 0.417. The van der Waals surface area contributed by atoms with Crippen LogP contribution >= 0.6 is 24.0 Å². The van der Waals surface area contributed by atoms with Crippen molar-refractivity contribution < 1.29 is 9.90 Å². The van der Waals surface area contributed by atoms with Gasteiger partial charge >= 0.3 is 0 Å². The van der Waals surface area contributed by atoms with Crippen molar-refractivity contribution in [1.82, 2.24) is 0 Å². The summed E-state index contributed by atoms with van der Waals surface area (Å²) in [5.41, 5.74) is 4.01. The van der Waals surface area contributed by atoms with Gasteiger partial charge in [0, 0.05) is 11.1 Å². The summed E-state index contributed by atoms with van der Waals surface area (Å²) in [7, 11) is 0. The molecule has 0 unspecified atom stereocenters. The van der Waals surface area contributed by atoms with Gasteiger partial charge in [-0.1, -0.05) is 83.7 Å². The molecule has 158 valence electrons. The molecule has 5 heteroatoms. The standard InChI is InChI=1S/C25H29NO2S2/c1-15-10-8-9-11-19(15)26-22(28)20(30-23(26)29)14-16-12-17(24(2,3)4)21(27)18(13-16)25(5,6)7/h8-14,27H,1-7H3/b20-14-. The number of nitrogens with zero attached hydrogens (tertiary/aromatic N) is 1. The van der Waals surface area contributed by atoms with Gasteiger partial charge in [0.15, 0.2) is 4.32 Å². The molecule has 1 saturated heterocycles. The Labute approximate surface area is 189 Å². The fourth-order valence-electron chi connectivity index (χ4n) is 3.52. The number of aryl methyl sites for hydroxylation is 1. The molecule has 30 heavy (non-hydrogen) atoms. The predicted octanol–water partition coefficient (Wildman–Crippen LogP) is 6.70. The van der Waals surface area contributed by atoms with Crippen molar-refractivity contribution in [3.05, 3.63) is 63.6 Å². The van der Waals surface area contributed by atoms with Gasteiger partial charge in [-0.2, -0.15) is 0 Å². The molecular weight excluding hydrogens is 410 g/mol. The molecule has 0 bridgehead atoms. The van der Waals surface area contributed by atoms with Crippen LogP contribution in [-0.4, -0.2) is 15.3 Å². The summed E-state index contributed by atoms with van der Waals surface area (Å²) < 4.78 is 0.534. The fraction of sp³-hybridized carbons (Fsp3) is 0.360. The number of para-hydroxylation sites is 1. The predicted molar refractivity (Wildman–Crippen MR) is 132 cm³/mol. The minimum absolute atomic E-state index is 0.109. The van der Waals surface area contributed by atoms with Gasteiger partial charge in [-0.05, 0) is 53.2 Å². The van der Waals surface area contributed by atoms with Gasteiger partial charge < -0.3 is 5.11 Å². The Morgan fingerprint density at radius 2 is 1.53 bits per heavy atom. The molecule has 1 heterocycles. The van der Waals surface area contributed by atoms with E-state index < -0.39 is 0 Å². The van der Waals surface area contributed by atoms with Crippen LogP contribution in [0.1, 0.15) is 63.8 Å². The lowest BCUT2D eigenvalue weighted by atomic mass is 9.78. The van der Waals surface area contributed by atoms with Gasteiger partial charge in [-0.3, -0.25) is 9.69 Å². The van der Waals surface area contributed by atoms with Crippen LogP contribution in [0.2, 0.25) is 0 Å². The molecule has 0 atom stereocenters. The Morgan fingerprint density at radius 1 is 1.00 bits per heavy atom. The average Bonchev–Trinajstić information content (AvgIpc) is 2.88. The summed E-state index contributed by atoms with van der Waals surface area (Å²) >= 11 is 6.85. The Balaban J connectivity index is 2.10. The SMILES string of the molecule is Cc1ccccc1N1C(=O)/C(=C/c2cc(C(C)(C)C)c(O)c(C(C)(C)C)c2)SC1=S. The van der Waals surface area contributed by atoms with Crippen LogP contribution in [-0.2, 0) is 15.6 Å². The zero-order valence-electron chi connectivity index (χ0n) is 18.7. The second kappa shape index (κ2) is 7.86. The molecule has 1 amide bonds. The van der Waals surface area contributed by atoms with Gasteiger partial charge in [0.1, 0.15) is 5.75 Å². The number of thiocarbonyl (C=S) groups is 1. The van der Waals surface area contributed by atoms with Crippen molar-refractivity contribution in [3.8, 4) is 5.75 Å². The van der Waals surface area contributed by atoms with Crippen molar-refractivity contribution in [2.75, 3.05) is 4.90 Å². The van der Waals surface area contributed by atoms with Crippen LogP contribution in [0.15, 0.2) is 41.3 Å². The van der Waals surface area contributed by atoms with Crippen molar-refractivity contribution in [1.29, 1.82) is 0 Å². The molecular formula is C25H29NO2S2. The van der Waals surface area contributed by atoms with Crippen molar-refractivity contribution in [2.45, 2.75) is 59.3 Å². The first-order chi connectivity index (χ1) is 13.8. The Hall–Kier alpha value is -2.11. The monoisotopic (exact) mass is 439 g/mol. The number of aromatic hydroxyl groups is 1. The van der Waals surface area contributed by atoms with E-state index in [0.717, 1.165) is 27.9 Å². The molecule has 1 fully saturated rings. The van der Waals surface area contributed by atoms with Crippen LogP contribution in [0, 0.1) is 6.92 Å². The zero-order chi connectivity index (χ0) is 22.4. The maximum atomic E-state index is 13.2. The number of anilines is 1. The van der Waals surface area contributed by atoms with Crippen LogP contribution < -0.4 is 4.90 Å². The number of amides is 1. The van der Waals surface area contributed by atoms with E-state index in [2.05, 4.69) is 41.5 Å². The number of hydrogen-bond acceptors (Lipinski definition) is 4. The van der Waals surface area contributed by atoms with Gasteiger partial charge in [-0.25, -0.2) is 0 Å². The van der Waals surface area contributed by atoms with E-state index in [1.165, 1.54) is 11.8 Å². The number of rotatable bonds is 2. The molecule has 1 N–H and O–H groups in total. The third kappa shape index (κ3) is 4.33. The highest BCUT2D eigenvalue weighted by atomic mass is 32.2. The van der Waals surface area contributed by atoms with Crippen LogP contribution in [0.3, 0.4) is 0 Å². The highest BCUT2D eigenvalue weighted by Gasteiger charge is 2.34. The maximum absolute atomic E-state index is 13.2. The van der Waals surface area contributed by atoms with Crippen LogP contribution in [0.25, 0.3) is 6.08 Å². The number of hydrogen-bond donors (Lipinski definition) is 1. The van der Waals surface area contributed by atoms with Gasteiger partial charge in [0.05, 0.1) is 10.6 Å². The summed E-state index contributed by atoms with van der Waals surface area (Å²) in [6, 6.07) is 11.7. The summed E-state index contributed by atoms with van der Waals surface area (Å²) in [4.78, 5) is 15.4. The lowest BCUT2D eigenvalue weighted by Gasteiger charge is -2.28. The molecule has 0 aromatic heterocycles. The molecule has 1 aliphatic heterocycles. The number of phenols is 1. The highest BCUT2D eigenvalue weighted by molar-refractivity contribution is 8.27. The molecule has 0 radical (unpaired) electrons. The van der Waals surface area contributed by atoms with Gasteiger partial charge in [-0.15, -0.1) is 0 Å². The second-order valence-electron chi connectivity index (χ2n) is 9.77. The summed E-state index contributed by atoms with van der Waals surface area (Å²) in [6.07, 6.45) is 1.89. The van der Waals surface area contributed by atoms with Crippen molar-refractivity contribution in [3.63, 3.8) is 0 Å². The molecule has 2 aromatic rings. The molecule has 1 aliphatic rings. The lowest BCUT2D eigenvalue weighted by Crippen LogP contribution is -2.28. The van der Waals surface area contributed by atoms with E-state index in [0.29, 0.717) is 15.0 Å². The largest absolute Gasteiger partial charge is 0.507 e. The zero-order valence-corrected chi connectivity index (χ0v) is 20.3. The highest BCUT2D eigenvalue weighted by Crippen LogP contribution is 2.42. The number of thioether (sulfide) groups is 1. The molecule has 0 saturated carbocycles. The Bertz CT molecular complexity index is 1020. The number of phenolic OH excluding ortho intramolecular Hbond substituents is 1. The van der Waals surface area contributed by atoms with Crippen LogP contribution in [0.5, 0.6) is 5.75 Å². The minimum Gasteiger partial charge on any atom is -0.507 e. The molecule has 2 aromatic carbocycles. The molecule has 3 rings (SSSR count). The van der Waals surface area contributed by atoms with E-state index >= 15 is 0 Å². The maximum Gasteiger partial charge on any atom is 0.270 e. The van der Waals surface area contributed by atoms with E-state index in [9.17, 15) is 9.90 Å². The molecule has 0 aliphatic carbocycles.